The number of pyridine rings is 1. The highest BCUT2D eigenvalue weighted by atomic mass is 35.5. The van der Waals surface area contributed by atoms with Crippen LogP contribution in [0.3, 0.4) is 0 Å². The molecule has 0 aliphatic carbocycles. The topological polar surface area (TPSA) is 12.9 Å². The first-order valence-electron chi connectivity index (χ1n) is 1.98. The van der Waals surface area contributed by atoms with Crippen LogP contribution in [0.1, 0.15) is 0 Å². The zero-order chi connectivity index (χ0) is 5.98. The van der Waals surface area contributed by atoms with E-state index in [1.807, 2.05) is 0 Å². The molecule has 1 heterocycles. The molecule has 0 atom stereocenters. The molecule has 0 aliphatic rings. The molecule has 1 aromatic rings. The fraction of sp³-hybridized carbons (Fsp3) is 0. The smallest absolute Gasteiger partial charge is 0.137 e. The third-order valence-corrected chi connectivity index (χ3v) is 1.04. The summed E-state index contributed by atoms with van der Waals surface area (Å²) in [5.41, 5.74) is 0. The summed E-state index contributed by atoms with van der Waals surface area (Å²) in [5, 5.41) is 0.892. The summed E-state index contributed by atoms with van der Waals surface area (Å²) in [5.74, 6) is 0. The van der Waals surface area contributed by atoms with Crippen LogP contribution >= 0.6 is 23.2 Å². The highest BCUT2D eigenvalue weighted by Gasteiger charge is 1.86. The molecule has 0 bridgehead atoms. The van der Waals surface area contributed by atoms with Crippen molar-refractivity contribution in [1.29, 1.82) is 0 Å². The summed E-state index contributed by atoms with van der Waals surface area (Å²) in [6, 6.07) is 4.19. The van der Waals surface area contributed by atoms with E-state index in [-0.39, 0.29) is 0 Å². The lowest BCUT2D eigenvalue weighted by Gasteiger charge is -1.84. The van der Waals surface area contributed by atoms with Gasteiger partial charge in [-0.25, -0.2) is 4.98 Å². The van der Waals surface area contributed by atoms with Crippen LogP contribution in [0.15, 0.2) is 12.3 Å². The van der Waals surface area contributed by atoms with E-state index in [4.69, 9.17) is 23.2 Å². The van der Waals surface area contributed by atoms with Gasteiger partial charge in [0, 0.05) is 12.3 Å². The molecule has 1 nitrogen and oxygen atoms in total. The lowest BCUT2D eigenvalue weighted by Crippen LogP contribution is -1.70. The van der Waals surface area contributed by atoms with Gasteiger partial charge < -0.3 is 0 Å². The first-order valence-corrected chi connectivity index (χ1v) is 2.73. The van der Waals surface area contributed by atoms with Gasteiger partial charge in [0.05, 0.1) is 5.02 Å². The molecule has 0 aromatic carbocycles. The van der Waals surface area contributed by atoms with Crippen molar-refractivity contribution in [2.45, 2.75) is 0 Å². The molecule has 8 heavy (non-hydrogen) atoms. The molecule has 0 saturated carbocycles. The predicted octanol–water partition coefficient (Wildman–Crippen LogP) is 2.19. The molecule has 0 unspecified atom stereocenters. The maximum atomic E-state index is 5.46. The van der Waals surface area contributed by atoms with Gasteiger partial charge in [0.2, 0.25) is 0 Å². The molecule has 0 spiro atoms. The summed E-state index contributed by atoms with van der Waals surface area (Å²) in [6.07, 6.45) is 1.47. The molecule has 3 heteroatoms. The molecule has 0 aliphatic heterocycles. The molecule has 0 fully saturated rings. The maximum absolute atomic E-state index is 5.46. The third kappa shape index (κ3) is 1.35. The van der Waals surface area contributed by atoms with Gasteiger partial charge in [-0.3, -0.25) is 0 Å². The van der Waals surface area contributed by atoms with Crippen LogP contribution in [0.5, 0.6) is 0 Å². The molecule has 1 radical (unpaired) electrons. The molecule has 0 saturated heterocycles. The van der Waals surface area contributed by atoms with Gasteiger partial charge in [-0.05, 0) is 6.07 Å². The van der Waals surface area contributed by atoms with Crippen molar-refractivity contribution in [2.75, 3.05) is 0 Å². The van der Waals surface area contributed by atoms with E-state index in [1.54, 1.807) is 6.07 Å². The Morgan fingerprint density at radius 1 is 1.50 bits per heavy atom. The predicted molar refractivity (Wildman–Crippen MR) is 33.1 cm³/mol. The van der Waals surface area contributed by atoms with Gasteiger partial charge in [0.1, 0.15) is 5.15 Å². The SMILES string of the molecule is Clc1c[c]c(Cl)nc1. The van der Waals surface area contributed by atoms with Crippen LogP contribution in [0.2, 0.25) is 10.2 Å². The van der Waals surface area contributed by atoms with Crippen LogP contribution in [0.25, 0.3) is 0 Å². The van der Waals surface area contributed by atoms with Crippen molar-refractivity contribution in [1.82, 2.24) is 4.98 Å². The minimum atomic E-state index is 0.342. The fourth-order valence-electron chi connectivity index (χ4n) is 0.321. The molecular formula is C5H2Cl2N. The van der Waals surface area contributed by atoms with E-state index >= 15 is 0 Å². The summed E-state index contributed by atoms with van der Waals surface area (Å²) in [6.45, 7) is 0. The first kappa shape index (κ1) is 5.86. The largest absolute Gasteiger partial charge is 0.242 e. The highest BCUT2D eigenvalue weighted by Crippen LogP contribution is 2.07. The normalized spacial score (nSPS) is 9.25. The summed E-state index contributed by atoms with van der Waals surface area (Å²) in [7, 11) is 0. The molecule has 1 aromatic heterocycles. The number of aromatic nitrogens is 1. The monoisotopic (exact) mass is 146 g/mol. The van der Waals surface area contributed by atoms with Crippen molar-refractivity contribution in [3.05, 3.63) is 28.5 Å². The quantitative estimate of drug-likeness (QED) is 0.512. The molecule has 0 N–H and O–H groups in total. The van der Waals surface area contributed by atoms with Crippen molar-refractivity contribution in [3.63, 3.8) is 0 Å². The Balaban J connectivity index is 3.03. The van der Waals surface area contributed by atoms with E-state index in [2.05, 4.69) is 11.1 Å². The van der Waals surface area contributed by atoms with Crippen LogP contribution in [0.4, 0.5) is 0 Å². The lowest BCUT2D eigenvalue weighted by atomic mass is 10.5. The number of rotatable bonds is 0. The van der Waals surface area contributed by atoms with Crippen molar-refractivity contribution < 1.29 is 0 Å². The molecule has 1 rings (SSSR count). The van der Waals surface area contributed by atoms with E-state index in [0.29, 0.717) is 10.2 Å². The zero-order valence-corrected chi connectivity index (χ0v) is 5.37. The number of hydrogen-bond donors (Lipinski definition) is 0. The average Bonchev–Trinajstić information content (AvgIpc) is 1.77. The molecule has 41 valence electrons. The summed E-state index contributed by atoms with van der Waals surface area (Å²) >= 11 is 10.8. The van der Waals surface area contributed by atoms with Gasteiger partial charge in [-0.2, -0.15) is 0 Å². The van der Waals surface area contributed by atoms with E-state index in [9.17, 15) is 0 Å². The Hall–Kier alpha value is -0.270. The van der Waals surface area contributed by atoms with Gasteiger partial charge in [0.15, 0.2) is 0 Å². The van der Waals surface area contributed by atoms with E-state index in [0.717, 1.165) is 0 Å². The number of nitrogens with zero attached hydrogens (tertiary/aromatic N) is 1. The second-order valence-electron chi connectivity index (χ2n) is 1.22. The van der Waals surface area contributed by atoms with Crippen LogP contribution in [-0.2, 0) is 0 Å². The fourth-order valence-corrected chi connectivity index (χ4v) is 0.528. The summed E-state index contributed by atoms with van der Waals surface area (Å²) in [4.78, 5) is 3.66. The second kappa shape index (κ2) is 2.33. The number of halogens is 2. The van der Waals surface area contributed by atoms with Crippen molar-refractivity contribution in [3.8, 4) is 0 Å². The van der Waals surface area contributed by atoms with E-state index < -0.39 is 0 Å². The molecular weight excluding hydrogens is 145 g/mol. The van der Waals surface area contributed by atoms with Gasteiger partial charge in [-0.1, -0.05) is 23.2 Å². The Labute approximate surface area is 57.3 Å². The lowest BCUT2D eigenvalue weighted by molar-refractivity contribution is 1.32. The standard InChI is InChI=1S/C5H2Cl2N/c6-4-1-2-5(7)8-3-4/h1,3H. The maximum Gasteiger partial charge on any atom is 0.137 e. The van der Waals surface area contributed by atoms with Crippen molar-refractivity contribution in [2.24, 2.45) is 0 Å². The second-order valence-corrected chi connectivity index (χ2v) is 2.02. The first-order chi connectivity index (χ1) is 3.79. The Morgan fingerprint density at radius 2 is 2.25 bits per heavy atom. The van der Waals surface area contributed by atoms with Crippen LogP contribution < -0.4 is 0 Å². The highest BCUT2D eigenvalue weighted by molar-refractivity contribution is 6.31. The average molecular weight is 147 g/mol. The Bertz CT molecular complexity index is 149. The number of hydrogen-bond acceptors (Lipinski definition) is 1. The Morgan fingerprint density at radius 3 is 2.62 bits per heavy atom. The van der Waals surface area contributed by atoms with Crippen LogP contribution in [-0.4, -0.2) is 4.98 Å². The van der Waals surface area contributed by atoms with Crippen LogP contribution in [0, 0.1) is 6.07 Å². The Kier molecular flexibility index (Phi) is 1.71. The zero-order valence-electron chi connectivity index (χ0n) is 3.86. The molecule has 0 amide bonds. The minimum absolute atomic E-state index is 0.342. The third-order valence-electron chi connectivity index (χ3n) is 0.630. The van der Waals surface area contributed by atoms with Gasteiger partial charge in [-0.15, -0.1) is 0 Å². The van der Waals surface area contributed by atoms with Gasteiger partial charge in [0.25, 0.3) is 0 Å². The summed E-state index contributed by atoms with van der Waals surface area (Å²) < 4.78 is 0. The minimum Gasteiger partial charge on any atom is -0.242 e. The van der Waals surface area contributed by atoms with E-state index in [1.165, 1.54) is 6.20 Å². The van der Waals surface area contributed by atoms with Gasteiger partial charge >= 0.3 is 0 Å². The van der Waals surface area contributed by atoms with Crippen molar-refractivity contribution >= 4 is 23.2 Å².